The molecule has 0 amide bonds. The molecule has 0 aromatic heterocycles. The van der Waals surface area contributed by atoms with Gasteiger partial charge in [-0.15, -0.1) is 0 Å². The Kier molecular flexibility index (Phi) is 7.27. The lowest BCUT2D eigenvalue weighted by molar-refractivity contribution is 0.485. The van der Waals surface area contributed by atoms with Crippen LogP contribution in [0, 0.1) is 0 Å². The van der Waals surface area contributed by atoms with Crippen molar-refractivity contribution in [3.63, 3.8) is 0 Å². The maximum Gasteiger partial charge on any atom is 0.115 e. The summed E-state index contributed by atoms with van der Waals surface area (Å²) in [4.78, 5) is 0. The van der Waals surface area contributed by atoms with Crippen molar-refractivity contribution in [1.82, 2.24) is 0 Å². The van der Waals surface area contributed by atoms with Gasteiger partial charge in [0, 0.05) is 0 Å². The largest absolute Gasteiger partial charge is 0.246 e. The molecule has 0 nitrogen and oxygen atoms in total. The number of halogens is 1. The van der Waals surface area contributed by atoms with Gasteiger partial charge in [0.25, 0.3) is 0 Å². The first-order chi connectivity index (χ1) is 6.36. The second kappa shape index (κ2) is 7.78. The van der Waals surface area contributed by atoms with Gasteiger partial charge in [-0.05, 0) is 17.5 Å². The van der Waals surface area contributed by atoms with Crippen molar-refractivity contribution < 1.29 is 4.39 Å². The number of benzene rings is 1. The molecular weight excluding hydrogens is 163 g/mol. The number of hydrogen-bond donors (Lipinski definition) is 0. The van der Waals surface area contributed by atoms with Crippen LogP contribution in [0.5, 0.6) is 0 Å². The zero-order valence-corrected chi connectivity index (χ0v) is 8.81. The van der Waals surface area contributed by atoms with Crippen LogP contribution in [0.15, 0.2) is 24.3 Å². The molecule has 0 atom stereocenters. The van der Waals surface area contributed by atoms with Crippen LogP contribution in [0.2, 0.25) is 0 Å². The molecule has 0 saturated heterocycles. The summed E-state index contributed by atoms with van der Waals surface area (Å²) in [6, 6.07) is 7.70. The van der Waals surface area contributed by atoms with Gasteiger partial charge >= 0.3 is 0 Å². The van der Waals surface area contributed by atoms with E-state index in [2.05, 4.69) is 6.92 Å². The van der Waals surface area contributed by atoms with E-state index in [0.717, 1.165) is 18.4 Å². The topological polar surface area (TPSA) is 0 Å². The van der Waals surface area contributed by atoms with Crippen LogP contribution in [-0.4, -0.2) is 0 Å². The molecular formula is C12H19F. The monoisotopic (exact) mass is 182 g/mol. The lowest BCUT2D eigenvalue weighted by atomic mass is 10.1. The van der Waals surface area contributed by atoms with Crippen LogP contribution in [0.3, 0.4) is 0 Å². The SMILES string of the molecule is CC.CCCc1ccc(CF)cc1. The summed E-state index contributed by atoms with van der Waals surface area (Å²) in [6.07, 6.45) is 2.24. The first-order valence-corrected chi connectivity index (χ1v) is 5.00. The fourth-order valence-corrected chi connectivity index (χ4v) is 1.08. The molecule has 0 fully saturated rings. The molecule has 1 heteroatoms. The smallest absolute Gasteiger partial charge is 0.115 e. The molecule has 0 bridgehead atoms. The predicted octanol–water partition coefficient (Wildman–Crippen LogP) is 4.13. The number of rotatable bonds is 3. The first kappa shape index (κ1) is 12.2. The predicted molar refractivity (Wildman–Crippen MR) is 56.6 cm³/mol. The third-order valence-electron chi connectivity index (χ3n) is 1.72. The fourth-order valence-electron chi connectivity index (χ4n) is 1.08. The quantitative estimate of drug-likeness (QED) is 0.659. The molecule has 0 heterocycles. The Morgan fingerprint density at radius 1 is 1.00 bits per heavy atom. The standard InChI is InChI=1S/C10H13F.C2H6/c1-2-3-9-4-6-10(8-11)7-5-9;1-2/h4-7H,2-3,8H2,1H3;1-2H3. The van der Waals surface area contributed by atoms with E-state index >= 15 is 0 Å². The minimum atomic E-state index is -0.355. The van der Waals surface area contributed by atoms with E-state index in [4.69, 9.17) is 0 Å². The van der Waals surface area contributed by atoms with Crippen LogP contribution in [-0.2, 0) is 13.1 Å². The number of hydrogen-bond acceptors (Lipinski definition) is 0. The average molecular weight is 182 g/mol. The molecule has 0 aliphatic heterocycles. The summed E-state index contributed by atoms with van der Waals surface area (Å²) < 4.78 is 12.0. The van der Waals surface area contributed by atoms with Crippen molar-refractivity contribution in [2.24, 2.45) is 0 Å². The Morgan fingerprint density at radius 3 is 1.85 bits per heavy atom. The summed E-state index contributed by atoms with van der Waals surface area (Å²) in [7, 11) is 0. The average Bonchev–Trinajstić information content (AvgIpc) is 2.23. The van der Waals surface area contributed by atoms with E-state index in [9.17, 15) is 4.39 Å². The van der Waals surface area contributed by atoms with Crippen molar-refractivity contribution >= 4 is 0 Å². The van der Waals surface area contributed by atoms with Crippen LogP contribution in [0.1, 0.15) is 38.3 Å². The van der Waals surface area contributed by atoms with Gasteiger partial charge in [0.05, 0.1) is 0 Å². The zero-order chi connectivity index (χ0) is 10.1. The summed E-state index contributed by atoms with van der Waals surface area (Å²) in [6.45, 7) is 5.79. The van der Waals surface area contributed by atoms with Crippen molar-refractivity contribution in [1.29, 1.82) is 0 Å². The summed E-state index contributed by atoms with van der Waals surface area (Å²) in [5.41, 5.74) is 2.06. The lowest BCUT2D eigenvalue weighted by Gasteiger charge is -1.98. The Balaban J connectivity index is 0.000000671. The fraction of sp³-hybridized carbons (Fsp3) is 0.500. The molecule has 0 spiro atoms. The third kappa shape index (κ3) is 4.66. The highest BCUT2D eigenvalue weighted by atomic mass is 19.1. The van der Waals surface area contributed by atoms with E-state index < -0.39 is 0 Å². The minimum absolute atomic E-state index is 0.355. The van der Waals surface area contributed by atoms with Crippen LogP contribution in [0.4, 0.5) is 4.39 Å². The van der Waals surface area contributed by atoms with Crippen molar-refractivity contribution in [3.8, 4) is 0 Å². The highest BCUT2D eigenvalue weighted by Crippen LogP contribution is 2.07. The van der Waals surface area contributed by atoms with E-state index in [1.807, 2.05) is 38.1 Å². The molecule has 0 N–H and O–H groups in total. The number of alkyl halides is 1. The molecule has 1 aromatic carbocycles. The van der Waals surface area contributed by atoms with Gasteiger partial charge in [-0.2, -0.15) is 0 Å². The molecule has 74 valence electrons. The van der Waals surface area contributed by atoms with Crippen molar-refractivity contribution in [3.05, 3.63) is 35.4 Å². The van der Waals surface area contributed by atoms with E-state index in [-0.39, 0.29) is 6.67 Å². The van der Waals surface area contributed by atoms with Gasteiger partial charge < -0.3 is 0 Å². The highest BCUT2D eigenvalue weighted by molar-refractivity contribution is 5.21. The Bertz CT molecular complexity index is 201. The van der Waals surface area contributed by atoms with Crippen molar-refractivity contribution in [2.75, 3.05) is 0 Å². The molecule has 0 radical (unpaired) electrons. The molecule has 0 unspecified atom stereocenters. The van der Waals surface area contributed by atoms with Crippen LogP contribution < -0.4 is 0 Å². The molecule has 13 heavy (non-hydrogen) atoms. The van der Waals surface area contributed by atoms with Gasteiger partial charge in [-0.3, -0.25) is 0 Å². The van der Waals surface area contributed by atoms with Crippen LogP contribution in [0.25, 0.3) is 0 Å². The molecule has 0 aliphatic rings. The van der Waals surface area contributed by atoms with Gasteiger partial charge in [-0.25, -0.2) is 4.39 Å². The Hall–Kier alpha value is -0.850. The molecule has 0 aliphatic carbocycles. The van der Waals surface area contributed by atoms with Crippen LogP contribution >= 0.6 is 0 Å². The van der Waals surface area contributed by atoms with Gasteiger partial charge in [-0.1, -0.05) is 51.5 Å². The second-order valence-electron chi connectivity index (χ2n) is 2.70. The molecule has 1 aromatic rings. The minimum Gasteiger partial charge on any atom is -0.246 e. The van der Waals surface area contributed by atoms with Gasteiger partial charge in [0.1, 0.15) is 6.67 Å². The van der Waals surface area contributed by atoms with E-state index in [1.54, 1.807) is 0 Å². The van der Waals surface area contributed by atoms with E-state index in [0.29, 0.717) is 0 Å². The van der Waals surface area contributed by atoms with Gasteiger partial charge in [0.2, 0.25) is 0 Å². The summed E-state index contributed by atoms with van der Waals surface area (Å²) >= 11 is 0. The second-order valence-corrected chi connectivity index (χ2v) is 2.70. The van der Waals surface area contributed by atoms with Gasteiger partial charge in [0.15, 0.2) is 0 Å². The zero-order valence-electron chi connectivity index (χ0n) is 8.81. The molecule has 0 saturated carbocycles. The first-order valence-electron chi connectivity index (χ1n) is 5.00. The third-order valence-corrected chi connectivity index (χ3v) is 1.72. The highest BCUT2D eigenvalue weighted by Gasteiger charge is 1.91. The summed E-state index contributed by atoms with van der Waals surface area (Å²) in [5, 5.41) is 0. The Morgan fingerprint density at radius 2 is 1.46 bits per heavy atom. The van der Waals surface area contributed by atoms with Crippen molar-refractivity contribution in [2.45, 2.75) is 40.3 Å². The summed E-state index contributed by atoms with van der Waals surface area (Å²) in [5.74, 6) is 0. The Labute approximate surface area is 80.8 Å². The lowest BCUT2D eigenvalue weighted by Crippen LogP contribution is -1.83. The van der Waals surface area contributed by atoms with E-state index in [1.165, 1.54) is 5.56 Å². The molecule has 1 rings (SSSR count). The maximum absolute atomic E-state index is 12.0. The normalized spacial score (nSPS) is 8.92. The number of aryl methyl sites for hydroxylation is 1. The maximum atomic E-state index is 12.0.